The molecule has 0 N–H and O–H groups in total. The van der Waals surface area contributed by atoms with E-state index in [0.29, 0.717) is 17.1 Å². The number of rotatable bonds is 6. The largest absolute Gasteiger partial charge is 0.312 e. The van der Waals surface area contributed by atoms with Crippen LogP contribution >= 0.6 is 31.9 Å². The number of pyridine rings is 2. The monoisotopic (exact) mass is 770 g/mol. The van der Waals surface area contributed by atoms with E-state index in [1.165, 1.54) is 0 Å². The molecule has 0 saturated heterocycles. The molecule has 9 nitrogen and oxygen atoms in total. The van der Waals surface area contributed by atoms with Gasteiger partial charge in [-0.1, -0.05) is 45.7 Å². The number of aryl methyl sites for hydroxylation is 4. The molecule has 13 heteroatoms. The number of hydrogen-bond donors (Lipinski definition) is 0. The predicted molar refractivity (Wildman–Crippen MR) is 187 cm³/mol. The van der Waals surface area contributed by atoms with E-state index < -0.39 is 20.6 Å². The lowest BCUT2D eigenvalue weighted by molar-refractivity contribution is 0.597. The summed E-state index contributed by atoms with van der Waals surface area (Å²) in [6.45, 7) is 7.51. The van der Waals surface area contributed by atoms with Gasteiger partial charge in [0.05, 0.1) is 26.3 Å². The molecule has 0 aliphatic heterocycles. The van der Waals surface area contributed by atoms with E-state index in [2.05, 4.69) is 46.8 Å². The van der Waals surface area contributed by atoms with Crippen LogP contribution in [0.1, 0.15) is 25.0 Å². The number of halogens is 2. The summed E-state index contributed by atoms with van der Waals surface area (Å²) >= 11 is 6.80. The Morgan fingerprint density at radius 3 is 1.76 bits per heavy atom. The van der Waals surface area contributed by atoms with Crippen molar-refractivity contribution < 1.29 is 12.6 Å². The van der Waals surface area contributed by atoms with Gasteiger partial charge in [-0.15, -0.1) is 0 Å². The van der Waals surface area contributed by atoms with Gasteiger partial charge < -0.3 is 9.13 Å². The fraction of sp³-hybridized carbons (Fsp3) is 0.250. The molecule has 1 unspecified atom stereocenters. The number of sulfone groups is 1. The fourth-order valence-corrected chi connectivity index (χ4v) is 8.06. The Morgan fingerprint density at radius 1 is 0.756 bits per heavy atom. The molecule has 0 saturated carbocycles. The van der Waals surface area contributed by atoms with Crippen LogP contribution in [0.25, 0.3) is 45.1 Å². The predicted octanol–water partition coefficient (Wildman–Crippen LogP) is 7.33. The Balaban J connectivity index is 0.000000178. The summed E-state index contributed by atoms with van der Waals surface area (Å²) in [6, 6.07) is 15.0. The molecule has 4 aromatic heterocycles. The molecular formula is C32H32Br2N6O3S2. The number of fused-ring (bicyclic) bond motifs is 2. The fourth-order valence-electron chi connectivity index (χ4n) is 4.95. The standard InChI is InChI=1S/C16H16BrN3O2S.C16H16BrN3OS/c1-4-23(21,22)14-8-11(17)5-6-12(14)15-19-13-7-10(2)9-18-16(13)20(15)3;1-4-22(21)14-8-11(17)5-6-12(14)15-19-13-7-10(2)9-18-16(13)20(15)3/h5-9H,4H2,1-3H3;5-9H,4H2,1-3H3. The van der Waals surface area contributed by atoms with Crippen LogP contribution in [0.2, 0.25) is 0 Å². The lowest BCUT2D eigenvalue weighted by Crippen LogP contribution is -2.07. The molecule has 0 spiro atoms. The van der Waals surface area contributed by atoms with Gasteiger partial charge in [-0.25, -0.2) is 28.4 Å². The van der Waals surface area contributed by atoms with E-state index in [9.17, 15) is 12.6 Å². The maximum atomic E-state index is 12.5. The maximum Gasteiger partial charge on any atom is 0.178 e. The molecule has 0 fully saturated rings. The van der Waals surface area contributed by atoms with Gasteiger partial charge in [0.1, 0.15) is 22.7 Å². The highest BCUT2D eigenvalue weighted by Gasteiger charge is 2.22. The molecule has 0 radical (unpaired) electrons. The number of nitrogens with zero attached hydrogens (tertiary/aromatic N) is 6. The SMILES string of the molecule is CCS(=O)(=O)c1cc(Br)ccc1-c1nc2cc(C)cnc2n1C.CCS(=O)c1cc(Br)ccc1-c1nc2cc(C)cnc2n1C. The van der Waals surface area contributed by atoms with Crippen molar-refractivity contribution in [3.63, 3.8) is 0 Å². The van der Waals surface area contributed by atoms with Crippen LogP contribution < -0.4 is 0 Å². The Morgan fingerprint density at radius 2 is 1.24 bits per heavy atom. The van der Waals surface area contributed by atoms with Crippen LogP contribution in [0, 0.1) is 13.8 Å². The van der Waals surface area contributed by atoms with E-state index in [1.54, 1.807) is 25.3 Å². The highest BCUT2D eigenvalue weighted by Crippen LogP contribution is 2.32. The number of aromatic nitrogens is 6. The molecule has 1 atom stereocenters. The van der Waals surface area contributed by atoms with Gasteiger partial charge in [-0.2, -0.15) is 0 Å². The molecule has 4 heterocycles. The molecular weight excluding hydrogens is 740 g/mol. The lowest BCUT2D eigenvalue weighted by atomic mass is 10.2. The van der Waals surface area contributed by atoms with Gasteiger partial charge in [-0.05, 0) is 73.5 Å². The molecule has 6 aromatic rings. The van der Waals surface area contributed by atoms with Crippen LogP contribution in [0.15, 0.2) is 79.7 Å². The molecule has 0 bridgehead atoms. The Bertz CT molecular complexity index is 2210. The van der Waals surface area contributed by atoms with E-state index in [0.717, 1.165) is 58.7 Å². The Hall–Kier alpha value is -3.26. The number of hydrogen-bond acceptors (Lipinski definition) is 7. The summed E-state index contributed by atoms with van der Waals surface area (Å²) in [6.07, 6.45) is 3.61. The van der Waals surface area contributed by atoms with Crippen molar-refractivity contribution in [1.82, 2.24) is 29.1 Å². The second-order valence-corrected chi connectivity index (χ2v) is 16.3. The summed E-state index contributed by atoms with van der Waals surface area (Å²) in [5, 5.41) is 0. The Labute approximate surface area is 281 Å². The van der Waals surface area contributed by atoms with Crippen LogP contribution in [0.4, 0.5) is 0 Å². The first-order chi connectivity index (χ1) is 21.3. The van der Waals surface area contributed by atoms with Crippen LogP contribution in [0.3, 0.4) is 0 Å². The summed E-state index contributed by atoms with van der Waals surface area (Å²) < 4.78 is 42.7. The van der Waals surface area contributed by atoms with Crippen molar-refractivity contribution in [2.45, 2.75) is 37.5 Å². The van der Waals surface area contributed by atoms with Crippen LogP contribution in [-0.2, 0) is 34.7 Å². The number of imidazole rings is 2. The third-order valence-corrected chi connectivity index (χ3v) is 11.4. The van der Waals surface area contributed by atoms with E-state index in [-0.39, 0.29) is 10.6 Å². The van der Waals surface area contributed by atoms with Crippen LogP contribution in [-0.4, -0.2) is 53.2 Å². The molecule has 0 aliphatic carbocycles. The lowest BCUT2D eigenvalue weighted by Gasteiger charge is -2.10. The van der Waals surface area contributed by atoms with Crippen LogP contribution in [0.5, 0.6) is 0 Å². The second kappa shape index (κ2) is 13.2. The van der Waals surface area contributed by atoms with Crippen molar-refractivity contribution in [3.05, 3.63) is 81.0 Å². The van der Waals surface area contributed by atoms with Gasteiger partial charge in [-0.3, -0.25) is 4.21 Å². The topological polar surface area (TPSA) is 113 Å². The minimum absolute atomic E-state index is 0.0394. The molecule has 0 aliphatic rings. The zero-order chi connectivity index (χ0) is 32.6. The van der Waals surface area contributed by atoms with Crippen molar-refractivity contribution in [2.75, 3.05) is 11.5 Å². The average Bonchev–Trinajstić information content (AvgIpc) is 3.51. The van der Waals surface area contributed by atoms with Gasteiger partial charge in [0, 0.05) is 52.3 Å². The van der Waals surface area contributed by atoms with Crippen molar-refractivity contribution in [2.24, 2.45) is 14.1 Å². The maximum absolute atomic E-state index is 12.5. The van der Waals surface area contributed by atoms with Crippen molar-refractivity contribution >= 4 is 74.8 Å². The zero-order valence-corrected chi connectivity index (χ0v) is 30.5. The third kappa shape index (κ3) is 6.67. The van der Waals surface area contributed by atoms with E-state index in [1.807, 2.05) is 86.6 Å². The third-order valence-electron chi connectivity index (χ3n) is 7.28. The highest BCUT2D eigenvalue weighted by molar-refractivity contribution is 9.10. The van der Waals surface area contributed by atoms with Gasteiger partial charge >= 0.3 is 0 Å². The minimum Gasteiger partial charge on any atom is -0.312 e. The Kier molecular flexibility index (Phi) is 9.73. The number of benzene rings is 2. The highest BCUT2D eigenvalue weighted by atomic mass is 79.9. The minimum atomic E-state index is -3.37. The zero-order valence-electron chi connectivity index (χ0n) is 25.7. The molecule has 6 rings (SSSR count). The average molecular weight is 773 g/mol. The van der Waals surface area contributed by atoms with E-state index >= 15 is 0 Å². The van der Waals surface area contributed by atoms with E-state index in [4.69, 9.17) is 4.98 Å². The smallest absolute Gasteiger partial charge is 0.178 e. The summed E-state index contributed by atoms with van der Waals surface area (Å²) in [4.78, 5) is 19.2. The van der Waals surface area contributed by atoms with Crippen molar-refractivity contribution in [3.8, 4) is 22.8 Å². The first-order valence-electron chi connectivity index (χ1n) is 14.1. The van der Waals surface area contributed by atoms with Gasteiger partial charge in [0.2, 0.25) is 0 Å². The first kappa shape index (κ1) is 33.1. The van der Waals surface area contributed by atoms with Gasteiger partial charge in [0.25, 0.3) is 0 Å². The second-order valence-electron chi connectivity index (χ2n) is 10.5. The quantitative estimate of drug-likeness (QED) is 0.174. The summed E-state index contributed by atoms with van der Waals surface area (Å²) in [7, 11) is -0.634. The van der Waals surface area contributed by atoms with Crippen molar-refractivity contribution in [1.29, 1.82) is 0 Å². The molecule has 2 aromatic carbocycles. The molecule has 0 amide bonds. The normalized spacial score (nSPS) is 12.4. The first-order valence-corrected chi connectivity index (χ1v) is 18.7. The summed E-state index contributed by atoms with van der Waals surface area (Å²) in [5.74, 6) is 2.00. The molecule has 45 heavy (non-hydrogen) atoms. The molecule has 234 valence electrons. The summed E-state index contributed by atoms with van der Waals surface area (Å²) in [5.41, 5.74) is 6.74. The van der Waals surface area contributed by atoms with Gasteiger partial charge in [0.15, 0.2) is 21.1 Å².